The van der Waals surface area contributed by atoms with Crippen LogP contribution in [0.1, 0.15) is 26.7 Å². The molecule has 1 saturated heterocycles. The van der Waals surface area contributed by atoms with Gasteiger partial charge in [0.2, 0.25) is 0 Å². The highest BCUT2D eigenvalue weighted by Crippen LogP contribution is 2.30. The zero-order chi connectivity index (χ0) is 12.3. The third-order valence-corrected chi connectivity index (χ3v) is 4.02. The summed E-state index contributed by atoms with van der Waals surface area (Å²) in [4.78, 5) is 4.32. The first-order valence-corrected chi connectivity index (χ1v) is 6.96. The molecular weight excluding hydrogens is 278 g/mol. The molecule has 1 aliphatic heterocycles. The molecule has 0 radical (unpaired) electrons. The quantitative estimate of drug-likeness (QED) is 0.900. The molecule has 0 bridgehead atoms. The molecule has 0 spiro atoms. The minimum Gasteiger partial charge on any atom is -0.368 e. The Morgan fingerprint density at radius 1 is 1.53 bits per heavy atom. The Balaban J connectivity index is 1.91. The fourth-order valence-corrected chi connectivity index (χ4v) is 2.54. The molecular formula is C13H20BrN3. The average molecular weight is 298 g/mol. The molecule has 17 heavy (non-hydrogen) atoms. The monoisotopic (exact) mass is 297 g/mol. The summed E-state index contributed by atoms with van der Waals surface area (Å²) in [5, 5.41) is 6.99. The highest BCUT2D eigenvalue weighted by atomic mass is 79.9. The molecule has 0 aliphatic carbocycles. The van der Waals surface area contributed by atoms with Gasteiger partial charge in [-0.1, -0.05) is 13.8 Å². The lowest BCUT2D eigenvalue weighted by molar-refractivity contribution is 0.188. The molecule has 2 rings (SSSR count). The van der Waals surface area contributed by atoms with Crippen LogP contribution in [-0.2, 0) is 0 Å². The molecule has 1 aliphatic rings. The van der Waals surface area contributed by atoms with Crippen LogP contribution in [0.5, 0.6) is 0 Å². The van der Waals surface area contributed by atoms with Gasteiger partial charge in [-0.2, -0.15) is 0 Å². The molecule has 1 aromatic heterocycles. The van der Waals surface area contributed by atoms with Crippen molar-refractivity contribution in [3.63, 3.8) is 0 Å². The van der Waals surface area contributed by atoms with Gasteiger partial charge in [0, 0.05) is 23.3 Å². The van der Waals surface area contributed by atoms with E-state index in [1.165, 1.54) is 12.8 Å². The molecule has 1 unspecified atom stereocenters. The van der Waals surface area contributed by atoms with Gasteiger partial charge >= 0.3 is 0 Å². The first-order valence-electron chi connectivity index (χ1n) is 6.17. The van der Waals surface area contributed by atoms with Gasteiger partial charge < -0.3 is 10.6 Å². The van der Waals surface area contributed by atoms with E-state index in [-0.39, 0.29) is 0 Å². The van der Waals surface area contributed by atoms with Crippen LogP contribution in [0, 0.1) is 5.41 Å². The number of anilines is 1. The van der Waals surface area contributed by atoms with Crippen molar-refractivity contribution in [2.75, 3.05) is 18.4 Å². The third-order valence-electron chi connectivity index (χ3n) is 3.55. The highest BCUT2D eigenvalue weighted by Gasteiger charge is 2.31. The summed E-state index contributed by atoms with van der Waals surface area (Å²) in [5.74, 6) is 0.941. The summed E-state index contributed by atoms with van der Waals surface area (Å²) in [7, 11) is 0. The second-order valence-electron chi connectivity index (χ2n) is 5.34. The molecule has 2 N–H and O–H groups in total. The first-order chi connectivity index (χ1) is 8.08. The predicted octanol–water partition coefficient (Wildman–Crippen LogP) is 3.03. The summed E-state index contributed by atoms with van der Waals surface area (Å²) in [6.45, 7) is 6.73. The maximum Gasteiger partial charge on any atom is 0.126 e. The van der Waals surface area contributed by atoms with Gasteiger partial charge in [-0.25, -0.2) is 4.98 Å². The van der Waals surface area contributed by atoms with Crippen LogP contribution in [0.15, 0.2) is 22.8 Å². The molecule has 3 nitrogen and oxygen atoms in total. The summed E-state index contributed by atoms with van der Waals surface area (Å²) in [6, 6.07) is 4.52. The van der Waals surface area contributed by atoms with E-state index in [1.54, 1.807) is 0 Å². The lowest BCUT2D eigenvalue weighted by atomic mass is 9.77. The fraction of sp³-hybridized carbons (Fsp3) is 0.615. The minimum absolute atomic E-state index is 0.362. The number of aromatic nitrogens is 1. The predicted molar refractivity (Wildman–Crippen MR) is 75.2 cm³/mol. The van der Waals surface area contributed by atoms with E-state index >= 15 is 0 Å². The Morgan fingerprint density at radius 3 is 3.00 bits per heavy atom. The molecule has 2 heterocycles. The van der Waals surface area contributed by atoms with Crippen LogP contribution in [0.2, 0.25) is 0 Å². The van der Waals surface area contributed by atoms with Crippen LogP contribution in [-0.4, -0.2) is 24.1 Å². The maximum atomic E-state index is 4.32. The Morgan fingerprint density at radius 2 is 2.35 bits per heavy atom. The van der Waals surface area contributed by atoms with E-state index in [9.17, 15) is 0 Å². The van der Waals surface area contributed by atoms with Crippen molar-refractivity contribution in [3.8, 4) is 0 Å². The summed E-state index contributed by atoms with van der Waals surface area (Å²) >= 11 is 3.39. The molecule has 94 valence electrons. The molecule has 0 aromatic carbocycles. The van der Waals surface area contributed by atoms with Crippen LogP contribution < -0.4 is 10.6 Å². The van der Waals surface area contributed by atoms with Crippen LogP contribution in [0.4, 0.5) is 5.82 Å². The number of halogens is 1. The van der Waals surface area contributed by atoms with Gasteiger partial charge in [-0.15, -0.1) is 0 Å². The van der Waals surface area contributed by atoms with Gasteiger partial charge in [-0.3, -0.25) is 0 Å². The maximum absolute atomic E-state index is 4.32. The number of pyridine rings is 1. The van der Waals surface area contributed by atoms with Crippen molar-refractivity contribution in [3.05, 3.63) is 22.8 Å². The summed E-state index contributed by atoms with van der Waals surface area (Å²) in [5.41, 5.74) is 0.362. The topological polar surface area (TPSA) is 37.0 Å². The van der Waals surface area contributed by atoms with Crippen molar-refractivity contribution < 1.29 is 0 Å². The number of piperidine rings is 1. The summed E-state index contributed by atoms with van der Waals surface area (Å²) < 4.78 is 1.01. The number of hydrogen-bond acceptors (Lipinski definition) is 3. The Labute approximate surface area is 112 Å². The molecule has 0 amide bonds. The zero-order valence-corrected chi connectivity index (χ0v) is 12.0. The van der Waals surface area contributed by atoms with E-state index in [1.807, 2.05) is 18.3 Å². The first kappa shape index (κ1) is 12.8. The SMILES string of the molecule is CC1(C)CCCNC1CNc1ccc(Br)cn1. The highest BCUT2D eigenvalue weighted by molar-refractivity contribution is 9.10. The normalized spacial score (nSPS) is 23.4. The van der Waals surface area contributed by atoms with Crippen molar-refractivity contribution in [1.29, 1.82) is 0 Å². The number of hydrogen-bond donors (Lipinski definition) is 2. The van der Waals surface area contributed by atoms with E-state index in [4.69, 9.17) is 0 Å². The lowest BCUT2D eigenvalue weighted by Crippen LogP contribution is -2.50. The third kappa shape index (κ3) is 3.42. The van der Waals surface area contributed by atoms with Crippen molar-refractivity contribution in [1.82, 2.24) is 10.3 Å². The van der Waals surface area contributed by atoms with E-state index < -0.39 is 0 Å². The van der Waals surface area contributed by atoms with Gasteiger partial charge in [0.05, 0.1) is 0 Å². The number of nitrogens with zero attached hydrogens (tertiary/aromatic N) is 1. The smallest absolute Gasteiger partial charge is 0.126 e. The standard InChI is InChI=1S/C13H20BrN3/c1-13(2)6-3-7-15-11(13)9-17-12-5-4-10(14)8-16-12/h4-5,8,11,15H,3,6-7,9H2,1-2H3,(H,16,17). The Hall–Kier alpha value is -0.610. The van der Waals surface area contributed by atoms with Crippen molar-refractivity contribution in [2.24, 2.45) is 5.41 Å². The molecule has 1 fully saturated rings. The zero-order valence-electron chi connectivity index (χ0n) is 10.5. The second-order valence-corrected chi connectivity index (χ2v) is 6.26. The molecule has 1 aromatic rings. The fourth-order valence-electron chi connectivity index (χ4n) is 2.31. The Bertz CT molecular complexity index is 361. The van der Waals surface area contributed by atoms with E-state index in [0.29, 0.717) is 11.5 Å². The van der Waals surface area contributed by atoms with Gasteiger partial charge in [0.15, 0.2) is 0 Å². The average Bonchev–Trinajstić information content (AvgIpc) is 2.29. The van der Waals surface area contributed by atoms with E-state index in [2.05, 4.69) is 45.4 Å². The molecule has 0 saturated carbocycles. The number of rotatable bonds is 3. The van der Waals surface area contributed by atoms with Crippen molar-refractivity contribution >= 4 is 21.7 Å². The van der Waals surface area contributed by atoms with Crippen LogP contribution in [0.3, 0.4) is 0 Å². The van der Waals surface area contributed by atoms with Gasteiger partial charge in [0.1, 0.15) is 5.82 Å². The Kier molecular flexibility index (Phi) is 4.05. The lowest BCUT2D eigenvalue weighted by Gasteiger charge is -2.39. The summed E-state index contributed by atoms with van der Waals surface area (Å²) in [6.07, 6.45) is 4.39. The van der Waals surface area contributed by atoms with Crippen molar-refractivity contribution in [2.45, 2.75) is 32.7 Å². The minimum atomic E-state index is 0.362. The van der Waals surface area contributed by atoms with E-state index in [0.717, 1.165) is 23.4 Å². The largest absolute Gasteiger partial charge is 0.368 e. The van der Waals surface area contributed by atoms with Crippen LogP contribution in [0.25, 0.3) is 0 Å². The van der Waals surface area contributed by atoms with Crippen LogP contribution >= 0.6 is 15.9 Å². The second kappa shape index (κ2) is 5.36. The number of nitrogens with one attached hydrogen (secondary N) is 2. The molecule has 4 heteroatoms. The van der Waals surface area contributed by atoms with Gasteiger partial charge in [-0.05, 0) is 52.9 Å². The van der Waals surface area contributed by atoms with Gasteiger partial charge in [0.25, 0.3) is 0 Å². The molecule has 1 atom stereocenters.